The molecule has 110 valence electrons. The molecule has 2 rings (SSSR count). The van der Waals surface area contributed by atoms with Crippen molar-refractivity contribution >= 4 is 23.0 Å². The van der Waals surface area contributed by atoms with Crippen LogP contribution in [0.2, 0.25) is 0 Å². The molecular formula is C13H15N5O3. The van der Waals surface area contributed by atoms with Gasteiger partial charge in [-0.3, -0.25) is 10.1 Å². The summed E-state index contributed by atoms with van der Waals surface area (Å²) in [6, 6.07) is 7.21. The van der Waals surface area contributed by atoms with Gasteiger partial charge < -0.3 is 15.0 Å². The van der Waals surface area contributed by atoms with E-state index in [1.165, 1.54) is 6.33 Å². The molecule has 0 radical (unpaired) electrons. The Bertz CT molecular complexity index is 662. The Kier molecular flexibility index (Phi) is 4.17. The van der Waals surface area contributed by atoms with Gasteiger partial charge in [-0.1, -0.05) is 12.1 Å². The third-order valence-corrected chi connectivity index (χ3v) is 2.99. The molecule has 8 heteroatoms. The van der Waals surface area contributed by atoms with E-state index in [0.29, 0.717) is 11.4 Å². The summed E-state index contributed by atoms with van der Waals surface area (Å²) in [5, 5.41) is 14.0. The van der Waals surface area contributed by atoms with Crippen molar-refractivity contribution in [3.05, 3.63) is 40.7 Å². The summed E-state index contributed by atoms with van der Waals surface area (Å²) in [6.07, 6.45) is 1.28. The highest BCUT2D eigenvalue weighted by molar-refractivity contribution is 5.77. The highest BCUT2D eigenvalue weighted by Crippen LogP contribution is 2.37. The molecule has 1 aromatic heterocycles. The number of para-hydroxylation sites is 2. The first-order chi connectivity index (χ1) is 10.1. The lowest BCUT2D eigenvalue weighted by atomic mass is 10.2. The minimum atomic E-state index is -0.507. The first-order valence-electron chi connectivity index (χ1n) is 6.14. The van der Waals surface area contributed by atoms with Gasteiger partial charge in [-0.15, -0.1) is 0 Å². The van der Waals surface area contributed by atoms with Crippen molar-refractivity contribution in [3.8, 4) is 5.75 Å². The van der Waals surface area contributed by atoms with Gasteiger partial charge in [0.05, 0.1) is 17.7 Å². The molecule has 0 saturated carbocycles. The monoisotopic (exact) mass is 289 g/mol. The third kappa shape index (κ3) is 2.69. The van der Waals surface area contributed by atoms with Crippen LogP contribution in [0.1, 0.15) is 0 Å². The quantitative estimate of drug-likeness (QED) is 0.666. The van der Waals surface area contributed by atoms with Gasteiger partial charge in [0.25, 0.3) is 0 Å². The Morgan fingerprint density at radius 1 is 1.33 bits per heavy atom. The molecule has 21 heavy (non-hydrogen) atoms. The van der Waals surface area contributed by atoms with E-state index in [9.17, 15) is 10.1 Å². The van der Waals surface area contributed by atoms with E-state index in [0.717, 1.165) is 0 Å². The number of nitro groups is 1. The molecule has 0 aliphatic carbocycles. The first kappa shape index (κ1) is 14.5. The third-order valence-electron chi connectivity index (χ3n) is 2.99. The number of nitrogens with zero attached hydrogens (tertiary/aromatic N) is 4. The standard InChI is InChI=1S/C13H15N5O3/c1-14-12-11(18(19)20)13(16-8-15-12)17(2)9-6-4-5-7-10(9)21-3/h4-8H,1-3H3,(H,14,15,16). The summed E-state index contributed by atoms with van der Waals surface area (Å²) >= 11 is 0. The Morgan fingerprint density at radius 2 is 2.05 bits per heavy atom. The summed E-state index contributed by atoms with van der Waals surface area (Å²) in [6.45, 7) is 0. The second-order valence-electron chi connectivity index (χ2n) is 4.13. The van der Waals surface area contributed by atoms with Crippen LogP contribution in [0.3, 0.4) is 0 Å². The smallest absolute Gasteiger partial charge is 0.353 e. The van der Waals surface area contributed by atoms with E-state index < -0.39 is 4.92 Å². The summed E-state index contributed by atoms with van der Waals surface area (Å²) < 4.78 is 5.27. The van der Waals surface area contributed by atoms with E-state index in [-0.39, 0.29) is 17.3 Å². The Morgan fingerprint density at radius 3 is 2.67 bits per heavy atom. The van der Waals surface area contributed by atoms with Crippen molar-refractivity contribution in [2.75, 3.05) is 31.4 Å². The van der Waals surface area contributed by atoms with Crippen molar-refractivity contribution in [2.45, 2.75) is 0 Å². The van der Waals surface area contributed by atoms with Crippen molar-refractivity contribution in [2.24, 2.45) is 0 Å². The normalized spacial score (nSPS) is 10.0. The predicted molar refractivity (Wildman–Crippen MR) is 79.3 cm³/mol. The zero-order chi connectivity index (χ0) is 15.4. The van der Waals surface area contributed by atoms with Crippen LogP contribution in [0, 0.1) is 10.1 Å². The number of benzene rings is 1. The van der Waals surface area contributed by atoms with Crippen LogP contribution >= 0.6 is 0 Å². The first-order valence-corrected chi connectivity index (χ1v) is 6.14. The van der Waals surface area contributed by atoms with Crippen LogP contribution in [0.25, 0.3) is 0 Å². The van der Waals surface area contributed by atoms with Gasteiger partial charge in [0.1, 0.15) is 12.1 Å². The minimum absolute atomic E-state index is 0.159. The lowest BCUT2D eigenvalue weighted by molar-refractivity contribution is -0.383. The Balaban J connectivity index is 2.58. The Hall–Kier alpha value is -2.90. The number of rotatable bonds is 5. The number of nitrogens with one attached hydrogen (secondary N) is 1. The number of aromatic nitrogens is 2. The average molecular weight is 289 g/mol. The fraction of sp³-hybridized carbons (Fsp3) is 0.231. The largest absolute Gasteiger partial charge is 0.495 e. The van der Waals surface area contributed by atoms with E-state index in [2.05, 4.69) is 15.3 Å². The summed E-state index contributed by atoms with van der Waals surface area (Å²) in [5.41, 5.74) is 0.484. The topological polar surface area (TPSA) is 93.4 Å². The second kappa shape index (κ2) is 6.04. The van der Waals surface area contributed by atoms with Gasteiger partial charge in [-0.2, -0.15) is 0 Å². The molecule has 0 unspecified atom stereocenters. The number of hydrogen-bond donors (Lipinski definition) is 1. The van der Waals surface area contributed by atoms with Crippen molar-refractivity contribution in [1.82, 2.24) is 9.97 Å². The van der Waals surface area contributed by atoms with E-state index in [4.69, 9.17) is 4.74 Å². The zero-order valence-corrected chi connectivity index (χ0v) is 11.9. The minimum Gasteiger partial charge on any atom is -0.495 e. The lowest BCUT2D eigenvalue weighted by Gasteiger charge is -2.20. The van der Waals surface area contributed by atoms with E-state index >= 15 is 0 Å². The molecule has 0 fully saturated rings. The maximum atomic E-state index is 11.3. The van der Waals surface area contributed by atoms with Crippen molar-refractivity contribution in [1.29, 1.82) is 0 Å². The second-order valence-corrected chi connectivity index (χ2v) is 4.13. The fourth-order valence-electron chi connectivity index (χ4n) is 1.99. The van der Waals surface area contributed by atoms with Gasteiger partial charge >= 0.3 is 5.69 Å². The van der Waals surface area contributed by atoms with Crippen LogP contribution in [-0.2, 0) is 0 Å². The molecule has 0 bridgehead atoms. The van der Waals surface area contributed by atoms with Crippen LogP contribution in [-0.4, -0.2) is 36.1 Å². The van der Waals surface area contributed by atoms with Crippen LogP contribution in [0.5, 0.6) is 5.75 Å². The number of anilines is 3. The molecule has 1 heterocycles. The lowest BCUT2D eigenvalue weighted by Crippen LogP contribution is -2.15. The maximum absolute atomic E-state index is 11.3. The zero-order valence-electron chi connectivity index (χ0n) is 11.9. The van der Waals surface area contributed by atoms with Crippen molar-refractivity contribution in [3.63, 3.8) is 0 Å². The van der Waals surface area contributed by atoms with E-state index in [1.807, 2.05) is 12.1 Å². The van der Waals surface area contributed by atoms with Gasteiger partial charge in [0, 0.05) is 14.1 Å². The SMILES string of the molecule is CNc1ncnc(N(C)c2ccccc2OC)c1[N+](=O)[O-]. The summed E-state index contributed by atoms with van der Waals surface area (Å²) in [5.74, 6) is 0.939. The molecule has 0 amide bonds. The maximum Gasteiger partial charge on any atom is 0.353 e. The van der Waals surface area contributed by atoms with Crippen molar-refractivity contribution < 1.29 is 9.66 Å². The van der Waals surface area contributed by atoms with Gasteiger partial charge in [0.2, 0.25) is 11.6 Å². The molecule has 1 aromatic carbocycles. The predicted octanol–water partition coefficient (Wildman–Crippen LogP) is 2.20. The van der Waals surface area contributed by atoms with Gasteiger partial charge in [-0.05, 0) is 12.1 Å². The van der Waals surface area contributed by atoms with Gasteiger partial charge in [-0.25, -0.2) is 9.97 Å². The van der Waals surface area contributed by atoms with E-state index in [1.54, 1.807) is 38.2 Å². The molecule has 0 aliphatic rings. The average Bonchev–Trinajstić information content (AvgIpc) is 2.53. The van der Waals surface area contributed by atoms with Gasteiger partial charge in [0.15, 0.2) is 0 Å². The highest BCUT2D eigenvalue weighted by Gasteiger charge is 2.26. The molecule has 0 spiro atoms. The molecule has 0 saturated heterocycles. The molecule has 1 N–H and O–H groups in total. The molecule has 0 atom stereocenters. The van der Waals surface area contributed by atoms with Crippen LogP contribution in [0.15, 0.2) is 30.6 Å². The number of hydrogen-bond acceptors (Lipinski definition) is 7. The molecule has 0 aliphatic heterocycles. The number of ether oxygens (including phenoxy) is 1. The summed E-state index contributed by atoms with van der Waals surface area (Å²) in [7, 11) is 4.80. The fourth-order valence-corrected chi connectivity index (χ4v) is 1.99. The summed E-state index contributed by atoms with van der Waals surface area (Å²) in [4.78, 5) is 20.3. The van der Waals surface area contributed by atoms with Crippen LogP contribution < -0.4 is 15.0 Å². The highest BCUT2D eigenvalue weighted by atomic mass is 16.6. The van der Waals surface area contributed by atoms with Crippen LogP contribution in [0.4, 0.5) is 23.0 Å². The molecule has 8 nitrogen and oxygen atoms in total. The number of methoxy groups -OCH3 is 1. The molecule has 2 aromatic rings. The Labute approximate surface area is 121 Å². The molecular weight excluding hydrogens is 274 g/mol.